The maximum Gasteiger partial charge on any atom is 0.179 e. The van der Waals surface area contributed by atoms with E-state index in [0.29, 0.717) is 12.0 Å². The van der Waals surface area contributed by atoms with Gasteiger partial charge in [0.1, 0.15) is 5.52 Å². The second-order valence-electron chi connectivity index (χ2n) is 5.61. The van der Waals surface area contributed by atoms with E-state index >= 15 is 0 Å². The van der Waals surface area contributed by atoms with Crippen LogP contribution in [0.2, 0.25) is 0 Å². The molecule has 0 bridgehead atoms. The highest BCUT2D eigenvalue weighted by Gasteiger charge is 2.25. The van der Waals surface area contributed by atoms with Crippen LogP contribution in [0.25, 0.3) is 11.2 Å². The van der Waals surface area contributed by atoms with Gasteiger partial charge in [0.05, 0.1) is 5.69 Å². The van der Waals surface area contributed by atoms with Crippen molar-refractivity contribution in [3.8, 4) is 0 Å². The summed E-state index contributed by atoms with van der Waals surface area (Å²) >= 11 is 5.55. The van der Waals surface area contributed by atoms with Gasteiger partial charge in [0.2, 0.25) is 0 Å². The molecule has 1 fully saturated rings. The molecule has 0 radical (unpaired) electrons. The van der Waals surface area contributed by atoms with E-state index in [0.717, 1.165) is 54.1 Å². The largest absolute Gasteiger partial charge is 0.381 e. The lowest BCUT2D eigenvalue weighted by Gasteiger charge is -2.28. The fourth-order valence-electron chi connectivity index (χ4n) is 3.27. The standard InChI is InChI=1S/C14H22N4OS/c1-4-11-12-13(17(3)16-11)18(14(20)15-12)9(2)10-5-7-19-8-6-10/h9-10H,4-8H2,1-3H3,(H,15,20). The normalized spacial score (nSPS) is 18.8. The monoisotopic (exact) mass is 294 g/mol. The predicted octanol–water partition coefficient (Wildman–Crippen LogP) is 2.98. The molecule has 1 N–H and O–H groups in total. The first-order valence-corrected chi connectivity index (χ1v) is 7.78. The summed E-state index contributed by atoms with van der Waals surface area (Å²) in [5.74, 6) is 0.620. The van der Waals surface area contributed by atoms with Gasteiger partial charge in [-0.05, 0) is 44.3 Å². The minimum Gasteiger partial charge on any atom is -0.381 e. The van der Waals surface area contributed by atoms with E-state index in [2.05, 4.69) is 28.5 Å². The Hall–Kier alpha value is -1.14. The molecule has 0 saturated carbocycles. The number of hydrogen-bond acceptors (Lipinski definition) is 3. The maximum atomic E-state index is 5.55. The van der Waals surface area contributed by atoms with Crippen molar-refractivity contribution in [1.82, 2.24) is 19.3 Å². The Balaban J connectivity index is 2.08. The van der Waals surface area contributed by atoms with E-state index in [1.54, 1.807) is 0 Å². The van der Waals surface area contributed by atoms with Crippen molar-refractivity contribution in [1.29, 1.82) is 0 Å². The third-order valence-corrected chi connectivity index (χ3v) is 4.76. The smallest absolute Gasteiger partial charge is 0.179 e. The molecule has 2 aromatic heterocycles. The van der Waals surface area contributed by atoms with E-state index < -0.39 is 0 Å². The molecule has 1 aliphatic heterocycles. The van der Waals surface area contributed by atoms with Crippen molar-refractivity contribution >= 4 is 23.4 Å². The quantitative estimate of drug-likeness (QED) is 0.885. The molecule has 20 heavy (non-hydrogen) atoms. The summed E-state index contributed by atoms with van der Waals surface area (Å²) in [7, 11) is 2.00. The molecule has 0 aromatic carbocycles. The van der Waals surface area contributed by atoms with Crippen molar-refractivity contribution in [3.63, 3.8) is 0 Å². The van der Waals surface area contributed by atoms with Crippen LogP contribution in [0.5, 0.6) is 0 Å². The van der Waals surface area contributed by atoms with Gasteiger partial charge in [0.25, 0.3) is 0 Å². The lowest BCUT2D eigenvalue weighted by atomic mass is 9.93. The average molecular weight is 294 g/mol. The van der Waals surface area contributed by atoms with Crippen LogP contribution in [-0.2, 0) is 18.2 Å². The number of aryl methyl sites for hydroxylation is 2. The van der Waals surface area contributed by atoms with Crippen LogP contribution in [0, 0.1) is 10.7 Å². The zero-order chi connectivity index (χ0) is 14.3. The van der Waals surface area contributed by atoms with Gasteiger partial charge in [-0.15, -0.1) is 0 Å². The summed E-state index contributed by atoms with van der Waals surface area (Å²) < 4.78 is 10.5. The van der Waals surface area contributed by atoms with Gasteiger partial charge in [-0.25, -0.2) is 0 Å². The van der Waals surface area contributed by atoms with Crippen LogP contribution in [0.3, 0.4) is 0 Å². The Morgan fingerprint density at radius 3 is 2.80 bits per heavy atom. The molecule has 3 heterocycles. The summed E-state index contributed by atoms with van der Waals surface area (Å²) in [5, 5.41) is 4.59. The molecule has 2 aromatic rings. The van der Waals surface area contributed by atoms with E-state index in [1.807, 2.05) is 11.7 Å². The number of aromatic amines is 1. The van der Waals surface area contributed by atoms with Gasteiger partial charge in [-0.1, -0.05) is 6.92 Å². The molecule has 1 saturated heterocycles. The van der Waals surface area contributed by atoms with Crippen LogP contribution in [0.1, 0.15) is 38.4 Å². The molecule has 0 aliphatic carbocycles. The van der Waals surface area contributed by atoms with Gasteiger partial charge in [-0.3, -0.25) is 9.25 Å². The molecule has 3 rings (SSSR count). The molecular weight excluding hydrogens is 272 g/mol. The molecule has 1 aliphatic rings. The maximum absolute atomic E-state index is 5.55. The number of nitrogens with zero attached hydrogens (tertiary/aromatic N) is 3. The lowest BCUT2D eigenvalue weighted by molar-refractivity contribution is 0.0515. The Labute approximate surface area is 123 Å². The third-order valence-electron chi connectivity index (χ3n) is 4.46. The van der Waals surface area contributed by atoms with Gasteiger partial charge in [0.15, 0.2) is 10.4 Å². The zero-order valence-corrected chi connectivity index (χ0v) is 13.2. The third kappa shape index (κ3) is 2.11. The fraction of sp³-hybridized carbons (Fsp3) is 0.714. The molecule has 0 amide bonds. The van der Waals surface area contributed by atoms with Crippen molar-refractivity contribution in [2.75, 3.05) is 13.2 Å². The number of fused-ring (bicyclic) bond motifs is 1. The second kappa shape index (κ2) is 5.33. The number of H-pyrrole nitrogens is 1. The number of nitrogens with one attached hydrogen (secondary N) is 1. The highest BCUT2D eigenvalue weighted by Crippen LogP contribution is 2.31. The van der Waals surface area contributed by atoms with Crippen molar-refractivity contribution < 1.29 is 4.74 Å². The minimum atomic E-state index is 0.375. The molecule has 110 valence electrons. The highest BCUT2D eigenvalue weighted by molar-refractivity contribution is 7.71. The Kier molecular flexibility index (Phi) is 3.69. The van der Waals surface area contributed by atoms with Crippen molar-refractivity contribution in [3.05, 3.63) is 10.5 Å². The molecule has 0 spiro atoms. The molecule has 1 unspecified atom stereocenters. The Bertz CT molecular complexity index is 663. The van der Waals surface area contributed by atoms with Gasteiger partial charge in [0, 0.05) is 26.3 Å². The fourth-order valence-corrected chi connectivity index (χ4v) is 3.63. The number of hydrogen-bond donors (Lipinski definition) is 1. The summed E-state index contributed by atoms with van der Waals surface area (Å²) in [6.45, 7) is 6.11. The van der Waals surface area contributed by atoms with E-state index in [9.17, 15) is 0 Å². The number of rotatable bonds is 3. The summed E-state index contributed by atoms with van der Waals surface area (Å²) in [6.07, 6.45) is 3.13. The first kappa shape index (κ1) is 13.8. The van der Waals surface area contributed by atoms with Crippen molar-refractivity contribution in [2.24, 2.45) is 13.0 Å². The van der Waals surface area contributed by atoms with E-state index in [4.69, 9.17) is 17.0 Å². The Morgan fingerprint density at radius 1 is 1.45 bits per heavy atom. The first-order chi connectivity index (χ1) is 9.63. The zero-order valence-electron chi connectivity index (χ0n) is 12.3. The van der Waals surface area contributed by atoms with Gasteiger partial charge >= 0.3 is 0 Å². The number of aromatic nitrogens is 4. The van der Waals surface area contributed by atoms with Gasteiger partial charge in [-0.2, -0.15) is 5.10 Å². The van der Waals surface area contributed by atoms with Crippen LogP contribution in [0.4, 0.5) is 0 Å². The van der Waals surface area contributed by atoms with Crippen LogP contribution in [0.15, 0.2) is 0 Å². The summed E-state index contributed by atoms with van der Waals surface area (Å²) in [4.78, 5) is 3.35. The SMILES string of the molecule is CCc1nn(C)c2c1[nH]c(=S)n2C(C)C1CCOCC1. The minimum absolute atomic E-state index is 0.375. The van der Waals surface area contributed by atoms with Gasteiger partial charge < -0.3 is 9.72 Å². The summed E-state index contributed by atoms with van der Waals surface area (Å²) in [6, 6.07) is 0.375. The molecule has 6 heteroatoms. The Morgan fingerprint density at radius 2 is 2.15 bits per heavy atom. The first-order valence-electron chi connectivity index (χ1n) is 7.37. The van der Waals surface area contributed by atoms with E-state index in [-0.39, 0.29) is 0 Å². The van der Waals surface area contributed by atoms with E-state index in [1.165, 1.54) is 0 Å². The van der Waals surface area contributed by atoms with Crippen molar-refractivity contribution in [2.45, 2.75) is 39.2 Å². The van der Waals surface area contributed by atoms with Crippen LogP contribution >= 0.6 is 12.2 Å². The number of ether oxygens (including phenoxy) is 1. The summed E-state index contributed by atoms with van der Waals surface area (Å²) in [5.41, 5.74) is 3.30. The molecule has 5 nitrogen and oxygen atoms in total. The molecular formula is C14H22N4OS. The number of imidazole rings is 1. The van der Waals surface area contributed by atoms with Crippen LogP contribution < -0.4 is 0 Å². The average Bonchev–Trinajstić information content (AvgIpc) is 2.96. The highest BCUT2D eigenvalue weighted by atomic mass is 32.1. The molecule has 1 atom stereocenters. The predicted molar refractivity (Wildman–Crippen MR) is 81.5 cm³/mol. The lowest BCUT2D eigenvalue weighted by Crippen LogP contribution is -2.24. The van der Waals surface area contributed by atoms with Crippen LogP contribution in [-0.4, -0.2) is 32.5 Å². The topological polar surface area (TPSA) is 47.8 Å². The second-order valence-corrected chi connectivity index (χ2v) is 6.00.